The van der Waals surface area contributed by atoms with Crippen LogP contribution in [0.3, 0.4) is 0 Å². The molecule has 0 bridgehead atoms. The van der Waals surface area contributed by atoms with E-state index in [1.807, 2.05) is 7.05 Å². The van der Waals surface area contributed by atoms with E-state index >= 15 is 0 Å². The minimum absolute atomic E-state index is 0.0582. The lowest BCUT2D eigenvalue weighted by Gasteiger charge is -2.32. The summed E-state index contributed by atoms with van der Waals surface area (Å²) in [4.78, 5) is 28.6. The van der Waals surface area contributed by atoms with Gasteiger partial charge in [0.25, 0.3) is 5.91 Å². The number of hydrogen-bond donors (Lipinski definition) is 2. The maximum atomic E-state index is 12.2. The third-order valence-electron chi connectivity index (χ3n) is 3.21. The van der Waals surface area contributed by atoms with Crippen LogP contribution in [-0.4, -0.2) is 53.5 Å². The number of aromatic nitrogens is 1. The second kappa shape index (κ2) is 6.12. The number of aromatic carboxylic acids is 1. The van der Waals surface area contributed by atoms with Crippen molar-refractivity contribution >= 4 is 23.2 Å². The van der Waals surface area contributed by atoms with E-state index < -0.39 is 5.97 Å². The summed E-state index contributed by atoms with van der Waals surface area (Å²) in [5.74, 6) is -0.790. The van der Waals surface area contributed by atoms with E-state index in [4.69, 9.17) is 5.11 Å². The Bertz CT molecular complexity index is 473. The minimum atomic E-state index is -1.10. The van der Waals surface area contributed by atoms with Crippen LogP contribution in [0.2, 0.25) is 0 Å². The van der Waals surface area contributed by atoms with E-state index in [9.17, 15) is 9.59 Å². The third kappa shape index (κ3) is 3.30. The Labute approximate surface area is 115 Å². The molecule has 2 N–H and O–H groups in total. The Morgan fingerprint density at radius 2 is 2.42 bits per heavy atom. The molecule has 1 amide bonds. The van der Waals surface area contributed by atoms with Gasteiger partial charge < -0.3 is 15.3 Å². The zero-order chi connectivity index (χ0) is 13.8. The fraction of sp³-hybridized carbons (Fsp3) is 0.583. The predicted molar refractivity (Wildman–Crippen MR) is 71.6 cm³/mol. The molecule has 0 aliphatic carbocycles. The molecule has 1 saturated heterocycles. The first-order valence-electron chi connectivity index (χ1n) is 6.24. The van der Waals surface area contributed by atoms with Gasteiger partial charge >= 0.3 is 5.97 Å². The molecule has 7 heteroatoms. The zero-order valence-corrected chi connectivity index (χ0v) is 11.6. The molecule has 1 unspecified atom stereocenters. The highest BCUT2D eigenvalue weighted by molar-refractivity contribution is 7.11. The number of amides is 1. The summed E-state index contributed by atoms with van der Waals surface area (Å²) in [6.07, 6.45) is 2.10. The van der Waals surface area contributed by atoms with E-state index in [-0.39, 0.29) is 16.6 Å². The number of carboxylic acids is 1. The first kappa shape index (κ1) is 14.0. The van der Waals surface area contributed by atoms with Crippen LogP contribution in [0.5, 0.6) is 0 Å². The molecule has 1 aromatic rings. The molecular weight excluding hydrogens is 266 g/mol. The Morgan fingerprint density at radius 3 is 3.05 bits per heavy atom. The topological polar surface area (TPSA) is 82.5 Å². The average Bonchev–Trinajstić information content (AvgIpc) is 2.88. The molecule has 1 atom stereocenters. The maximum Gasteiger partial charge on any atom is 0.355 e. The summed E-state index contributed by atoms with van der Waals surface area (Å²) >= 11 is 1.10. The van der Waals surface area contributed by atoms with E-state index in [2.05, 4.69) is 10.3 Å². The molecule has 6 nitrogen and oxygen atoms in total. The zero-order valence-electron chi connectivity index (χ0n) is 10.8. The van der Waals surface area contributed by atoms with Crippen LogP contribution in [0.15, 0.2) is 5.38 Å². The van der Waals surface area contributed by atoms with E-state index in [0.29, 0.717) is 12.5 Å². The van der Waals surface area contributed by atoms with Gasteiger partial charge in [0.15, 0.2) is 10.7 Å². The second-order valence-electron chi connectivity index (χ2n) is 4.66. The van der Waals surface area contributed by atoms with Crippen LogP contribution in [0, 0.1) is 5.92 Å². The number of hydrogen-bond acceptors (Lipinski definition) is 5. The quantitative estimate of drug-likeness (QED) is 0.858. The first-order valence-corrected chi connectivity index (χ1v) is 7.12. The van der Waals surface area contributed by atoms with Crippen molar-refractivity contribution in [2.24, 2.45) is 5.92 Å². The molecule has 19 heavy (non-hydrogen) atoms. The first-order chi connectivity index (χ1) is 9.11. The molecule has 104 valence electrons. The summed E-state index contributed by atoms with van der Waals surface area (Å²) in [6, 6.07) is 0. The van der Waals surface area contributed by atoms with Gasteiger partial charge in [-0.1, -0.05) is 0 Å². The third-order valence-corrected chi connectivity index (χ3v) is 4.04. The van der Waals surface area contributed by atoms with Crippen LogP contribution in [-0.2, 0) is 0 Å². The van der Waals surface area contributed by atoms with Crippen molar-refractivity contribution in [3.05, 3.63) is 16.1 Å². The Kier molecular flexibility index (Phi) is 4.49. The molecule has 0 spiro atoms. The number of rotatable bonds is 4. The second-order valence-corrected chi connectivity index (χ2v) is 5.52. The van der Waals surface area contributed by atoms with Crippen LogP contribution in [0.25, 0.3) is 0 Å². The summed E-state index contributed by atoms with van der Waals surface area (Å²) in [6.45, 7) is 2.32. The normalized spacial score (nSPS) is 19.4. The van der Waals surface area contributed by atoms with Crippen molar-refractivity contribution in [2.45, 2.75) is 12.8 Å². The molecule has 1 aliphatic rings. The van der Waals surface area contributed by atoms with Crippen molar-refractivity contribution in [1.82, 2.24) is 15.2 Å². The average molecular weight is 283 g/mol. The highest BCUT2D eigenvalue weighted by Crippen LogP contribution is 2.19. The molecular formula is C12H17N3O3S. The largest absolute Gasteiger partial charge is 0.476 e. The van der Waals surface area contributed by atoms with Gasteiger partial charge in [0.2, 0.25) is 0 Å². The summed E-state index contributed by atoms with van der Waals surface area (Å²) < 4.78 is 0. The van der Waals surface area contributed by atoms with Gasteiger partial charge in [0, 0.05) is 18.5 Å². The maximum absolute atomic E-state index is 12.2. The number of piperidine rings is 1. The van der Waals surface area contributed by atoms with Gasteiger partial charge in [-0.2, -0.15) is 0 Å². The van der Waals surface area contributed by atoms with Crippen molar-refractivity contribution in [1.29, 1.82) is 0 Å². The number of likely N-dealkylation sites (tertiary alicyclic amines) is 1. The fourth-order valence-corrected chi connectivity index (χ4v) is 3.07. The molecule has 0 radical (unpaired) electrons. The van der Waals surface area contributed by atoms with Crippen LogP contribution in [0.1, 0.15) is 33.1 Å². The SMILES string of the molecule is CNCC1CCCN(C(=O)c2nc(C(=O)O)cs2)C1. The Balaban J connectivity index is 2.03. The molecule has 1 aliphatic heterocycles. The lowest BCUT2D eigenvalue weighted by molar-refractivity contribution is 0.0672. The molecule has 1 fully saturated rings. The van der Waals surface area contributed by atoms with Gasteiger partial charge in [-0.15, -0.1) is 11.3 Å². The van der Waals surface area contributed by atoms with E-state index in [0.717, 1.165) is 37.3 Å². The molecule has 2 rings (SSSR count). The van der Waals surface area contributed by atoms with Crippen LogP contribution in [0.4, 0.5) is 0 Å². The molecule has 0 aromatic carbocycles. The monoisotopic (exact) mass is 283 g/mol. The van der Waals surface area contributed by atoms with Crippen molar-refractivity contribution in [2.75, 3.05) is 26.7 Å². The fourth-order valence-electron chi connectivity index (χ4n) is 2.31. The number of nitrogens with zero attached hydrogens (tertiary/aromatic N) is 2. The van der Waals surface area contributed by atoms with Gasteiger partial charge in [-0.25, -0.2) is 9.78 Å². The standard InChI is InChI=1S/C12H17N3O3S/c1-13-5-8-3-2-4-15(6-8)11(16)10-14-9(7-19-10)12(17)18/h7-8,13H,2-6H2,1H3,(H,17,18). The molecule has 2 heterocycles. The lowest BCUT2D eigenvalue weighted by Crippen LogP contribution is -2.42. The number of carbonyl (C=O) groups is 2. The summed E-state index contributed by atoms with van der Waals surface area (Å²) in [5.41, 5.74) is -0.0582. The number of nitrogens with one attached hydrogen (secondary N) is 1. The number of carboxylic acid groups (broad SMARTS) is 1. The van der Waals surface area contributed by atoms with Gasteiger partial charge in [-0.3, -0.25) is 4.79 Å². The van der Waals surface area contributed by atoms with Crippen LogP contribution < -0.4 is 5.32 Å². The smallest absolute Gasteiger partial charge is 0.355 e. The molecule has 0 saturated carbocycles. The van der Waals surface area contributed by atoms with E-state index in [1.54, 1.807) is 4.90 Å². The Hall–Kier alpha value is -1.47. The van der Waals surface area contributed by atoms with Crippen molar-refractivity contribution in [3.63, 3.8) is 0 Å². The van der Waals surface area contributed by atoms with Gasteiger partial charge in [0.1, 0.15) is 0 Å². The van der Waals surface area contributed by atoms with Gasteiger partial charge in [-0.05, 0) is 32.4 Å². The van der Waals surface area contributed by atoms with Gasteiger partial charge in [0.05, 0.1) is 0 Å². The molecule has 1 aromatic heterocycles. The van der Waals surface area contributed by atoms with Crippen molar-refractivity contribution < 1.29 is 14.7 Å². The highest BCUT2D eigenvalue weighted by atomic mass is 32.1. The van der Waals surface area contributed by atoms with Crippen LogP contribution >= 0.6 is 11.3 Å². The predicted octanol–water partition coefficient (Wildman–Crippen LogP) is 0.913. The highest BCUT2D eigenvalue weighted by Gasteiger charge is 2.26. The summed E-state index contributed by atoms with van der Waals surface area (Å²) in [5, 5.41) is 13.6. The Morgan fingerprint density at radius 1 is 1.63 bits per heavy atom. The summed E-state index contributed by atoms with van der Waals surface area (Å²) in [7, 11) is 1.90. The lowest BCUT2D eigenvalue weighted by atomic mass is 9.98. The number of carbonyl (C=O) groups excluding carboxylic acids is 1. The van der Waals surface area contributed by atoms with Crippen molar-refractivity contribution in [3.8, 4) is 0 Å². The van der Waals surface area contributed by atoms with E-state index in [1.165, 1.54) is 5.38 Å². The number of thiazole rings is 1. The minimum Gasteiger partial charge on any atom is -0.476 e.